The van der Waals surface area contributed by atoms with Crippen LogP contribution in [0.25, 0.3) is 27.6 Å². The summed E-state index contributed by atoms with van der Waals surface area (Å²) in [6.07, 6.45) is 1.68. The first kappa shape index (κ1) is 12.2. The molecule has 0 saturated heterocycles. The third kappa shape index (κ3) is 1.92. The molecule has 0 aliphatic carbocycles. The van der Waals surface area contributed by atoms with Gasteiger partial charge in [0.2, 0.25) is 0 Å². The summed E-state index contributed by atoms with van der Waals surface area (Å²) in [5, 5.41) is 6.45. The van der Waals surface area contributed by atoms with Crippen molar-refractivity contribution in [2.75, 3.05) is 0 Å². The van der Waals surface area contributed by atoms with Gasteiger partial charge in [0.1, 0.15) is 16.5 Å². The second-order valence-electron chi connectivity index (χ2n) is 4.70. The minimum absolute atomic E-state index is 0.385. The minimum atomic E-state index is -0.385. The zero-order valence-corrected chi connectivity index (χ0v) is 11.5. The van der Waals surface area contributed by atoms with Gasteiger partial charge in [-0.05, 0) is 36.4 Å². The van der Waals surface area contributed by atoms with Crippen LogP contribution in [-0.4, -0.2) is 9.78 Å². The third-order valence-corrected chi connectivity index (χ3v) is 3.62. The quantitative estimate of drug-likeness (QED) is 0.502. The Kier molecular flexibility index (Phi) is 2.59. The number of benzene rings is 2. The highest BCUT2D eigenvalue weighted by Gasteiger charge is 2.12. The SMILES string of the molecule is O=c1oc2ccccc2c2nn(-c3ccc(Cl)cc3)cc12. The number of halogens is 1. The van der Waals surface area contributed by atoms with Crippen LogP contribution in [-0.2, 0) is 0 Å². The summed E-state index contributed by atoms with van der Waals surface area (Å²) in [4.78, 5) is 12.1. The van der Waals surface area contributed by atoms with Crippen LogP contribution in [0.15, 0.2) is 63.9 Å². The summed E-state index contributed by atoms with van der Waals surface area (Å²) in [7, 11) is 0. The second-order valence-corrected chi connectivity index (χ2v) is 5.13. The van der Waals surface area contributed by atoms with E-state index in [-0.39, 0.29) is 5.63 Å². The standard InChI is InChI=1S/C16H9ClN2O2/c17-10-5-7-11(8-6-10)19-9-13-15(18-19)12-3-1-2-4-14(12)21-16(13)20/h1-9H. The van der Waals surface area contributed by atoms with Gasteiger partial charge in [0, 0.05) is 16.6 Å². The predicted octanol–water partition coefficient (Wildman–Crippen LogP) is 3.79. The van der Waals surface area contributed by atoms with Crippen LogP contribution >= 0.6 is 11.6 Å². The molecule has 0 aliphatic rings. The van der Waals surface area contributed by atoms with Gasteiger partial charge >= 0.3 is 5.63 Å². The van der Waals surface area contributed by atoms with E-state index in [1.807, 2.05) is 30.3 Å². The fourth-order valence-electron chi connectivity index (χ4n) is 2.35. The highest BCUT2D eigenvalue weighted by Crippen LogP contribution is 2.22. The molecular formula is C16H9ClN2O2. The zero-order valence-electron chi connectivity index (χ0n) is 10.8. The van der Waals surface area contributed by atoms with Crippen LogP contribution in [0.2, 0.25) is 5.02 Å². The normalized spacial score (nSPS) is 11.3. The van der Waals surface area contributed by atoms with Gasteiger partial charge in [-0.25, -0.2) is 9.48 Å². The summed E-state index contributed by atoms with van der Waals surface area (Å²) in [6.45, 7) is 0. The number of hydrogen-bond donors (Lipinski definition) is 0. The molecule has 2 aromatic heterocycles. The fourth-order valence-corrected chi connectivity index (χ4v) is 2.48. The molecule has 0 fully saturated rings. The van der Waals surface area contributed by atoms with Crippen molar-refractivity contribution in [3.63, 3.8) is 0 Å². The Morgan fingerprint density at radius 1 is 1.00 bits per heavy atom. The highest BCUT2D eigenvalue weighted by atomic mass is 35.5. The Bertz CT molecular complexity index is 1020. The molecule has 0 unspecified atom stereocenters. The van der Waals surface area contributed by atoms with Gasteiger partial charge in [-0.15, -0.1) is 0 Å². The largest absolute Gasteiger partial charge is 0.422 e. The first-order valence-corrected chi connectivity index (χ1v) is 6.77. The average molecular weight is 297 g/mol. The van der Waals surface area contributed by atoms with Crippen molar-refractivity contribution >= 4 is 33.5 Å². The van der Waals surface area contributed by atoms with Crippen molar-refractivity contribution in [3.05, 3.63) is 70.2 Å². The van der Waals surface area contributed by atoms with Gasteiger partial charge in [0.15, 0.2) is 0 Å². The Balaban J connectivity index is 2.05. The predicted molar refractivity (Wildman–Crippen MR) is 82.1 cm³/mol. The van der Waals surface area contributed by atoms with Gasteiger partial charge in [-0.2, -0.15) is 5.10 Å². The average Bonchev–Trinajstić information content (AvgIpc) is 2.94. The van der Waals surface area contributed by atoms with Crippen molar-refractivity contribution in [3.8, 4) is 5.69 Å². The molecule has 0 radical (unpaired) electrons. The molecule has 102 valence electrons. The second kappa shape index (κ2) is 4.46. The first-order valence-electron chi connectivity index (χ1n) is 6.39. The van der Waals surface area contributed by atoms with E-state index in [0.29, 0.717) is 21.5 Å². The molecule has 0 spiro atoms. The van der Waals surface area contributed by atoms with Gasteiger partial charge < -0.3 is 4.42 Å². The van der Waals surface area contributed by atoms with Gasteiger partial charge in [-0.1, -0.05) is 23.7 Å². The van der Waals surface area contributed by atoms with Crippen molar-refractivity contribution in [1.82, 2.24) is 9.78 Å². The molecule has 4 nitrogen and oxygen atoms in total. The lowest BCUT2D eigenvalue weighted by molar-refractivity contribution is 0.569. The maximum absolute atomic E-state index is 12.1. The molecule has 2 aromatic carbocycles. The molecule has 5 heteroatoms. The molecule has 0 bridgehead atoms. The van der Waals surface area contributed by atoms with Crippen LogP contribution in [0.3, 0.4) is 0 Å². The molecule has 4 rings (SSSR count). The maximum atomic E-state index is 12.1. The first-order chi connectivity index (χ1) is 10.2. The van der Waals surface area contributed by atoms with Gasteiger partial charge in [0.05, 0.1) is 5.69 Å². The number of nitrogens with zero attached hydrogens (tertiary/aromatic N) is 2. The van der Waals surface area contributed by atoms with E-state index in [4.69, 9.17) is 16.0 Å². The molecule has 0 N–H and O–H groups in total. The van der Waals surface area contributed by atoms with Crippen LogP contribution < -0.4 is 5.63 Å². The van der Waals surface area contributed by atoms with Crippen molar-refractivity contribution in [2.45, 2.75) is 0 Å². The van der Waals surface area contributed by atoms with Gasteiger partial charge in [0.25, 0.3) is 0 Å². The van der Waals surface area contributed by atoms with Gasteiger partial charge in [-0.3, -0.25) is 0 Å². The van der Waals surface area contributed by atoms with E-state index < -0.39 is 0 Å². The topological polar surface area (TPSA) is 48.0 Å². The van der Waals surface area contributed by atoms with E-state index in [1.165, 1.54) is 0 Å². The summed E-state index contributed by atoms with van der Waals surface area (Å²) >= 11 is 5.89. The summed E-state index contributed by atoms with van der Waals surface area (Å²) < 4.78 is 6.97. The monoisotopic (exact) mass is 296 g/mol. The zero-order chi connectivity index (χ0) is 14.4. The van der Waals surface area contributed by atoms with Crippen LogP contribution in [0, 0.1) is 0 Å². The number of rotatable bonds is 1. The Labute approximate surface area is 124 Å². The summed E-state index contributed by atoms with van der Waals surface area (Å²) in [5.74, 6) is 0. The maximum Gasteiger partial charge on any atom is 0.347 e. The van der Waals surface area contributed by atoms with E-state index in [1.54, 1.807) is 29.1 Å². The summed E-state index contributed by atoms with van der Waals surface area (Å²) in [6, 6.07) is 14.6. The van der Waals surface area contributed by atoms with Crippen molar-refractivity contribution in [1.29, 1.82) is 0 Å². The lowest BCUT2D eigenvalue weighted by Gasteiger charge is -1.99. The van der Waals surface area contributed by atoms with E-state index in [0.717, 1.165) is 11.1 Å². The molecule has 21 heavy (non-hydrogen) atoms. The van der Waals surface area contributed by atoms with E-state index in [9.17, 15) is 4.79 Å². The molecule has 0 aliphatic heterocycles. The number of para-hydroxylation sites is 1. The van der Waals surface area contributed by atoms with Crippen LogP contribution in [0.4, 0.5) is 0 Å². The number of fused-ring (bicyclic) bond motifs is 3. The van der Waals surface area contributed by atoms with Crippen LogP contribution in [0.5, 0.6) is 0 Å². The molecule has 0 amide bonds. The Morgan fingerprint density at radius 3 is 2.57 bits per heavy atom. The van der Waals surface area contributed by atoms with Crippen molar-refractivity contribution < 1.29 is 4.42 Å². The molecule has 0 saturated carbocycles. The highest BCUT2D eigenvalue weighted by molar-refractivity contribution is 6.30. The molecule has 2 heterocycles. The fraction of sp³-hybridized carbons (Fsp3) is 0. The minimum Gasteiger partial charge on any atom is -0.422 e. The molecular weight excluding hydrogens is 288 g/mol. The number of hydrogen-bond acceptors (Lipinski definition) is 3. The molecule has 4 aromatic rings. The smallest absolute Gasteiger partial charge is 0.347 e. The lowest BCUT2D eigenvalue weighted by atomic mass is 10.2. The lowest BCUT2D eigenvalue weighted by Crippen LogP contribution is -1.97. The Morgan fingerprint density at radius 2 is 1.76 bits per heavy atom. The molecule has 0 atom stereocenters. The summed E-state index contributed by atoms with van der Waals surface area (Å²) in [5.41, 5.74) is 1.62. The van der Waals surface area contributed by atoms with Crippen molar-refractivity contribution in [2.24, 2.45) is 0 Å². The third-order valence-electron chi connectivity index (χ3n) is 3.37. The van der Waals surface area contributed by atoms with E-state index >= 15 is 0 Å². The van der Waals surface area contributed by atoms with Crippen LogP contribution in [0.1, 0.15) is 0 Å². The number of aromatic nitrogens is 2. The van der Waals surface area contributed by atoms with E-state index in [2.05, 4.69) is 5.10 Å². The Hall–Kier alpha value is -2.59.